The monoisotopic (exact) mass is 197 g/mol. The van der Waals surface area contributed by atoms with Crippen molar-refractivity contribution >= 4 is 0 Å². The van der Waals surface area contributed by atoms with E-state index in [4.69, 9.17) is 10.00 Å². The van der Waals surface area contributed by atoms with Gasteiger partial charge in [0.15, 0.2) is 0 Å². The van der Waals surface area contributed by atoms with Crippen LogP contribution in [0.25, 0.3) is 0 Å². The number of nitriles is 1. The Hall–Kier alpha value is -0.590. The standard InChI is InChI=1S/C11H19NO2/c1-3-10(2,9-12)11(13)5-4-7-14-8-6-11/h13H,3-8H2,1-2H3. The Morgan fingerprint density at radius 1 is 1.50 bits per heavy atom. The van der Waals surface area contributed by atoms with Gasteiger partial charge in [0.05, 0.1) is 17.1 Å². The van der Waals surface area contributed by atoms with E-state index in [1.54, 1.807) is 0 Å². The number of hydrogen-bond acceptors (Lipinski definition) is 3. The fourth-order valence-corrected chi connectivity index (χ4v) is 2.00. The second-order valence-corrected chi connectivity index (χ2v) is 4.29. The first-order valence-electron chi connectivity index (χ1n) is 5.29. The van der Waals surface area contributed by atoms with Gasteiger partial charge in [0.2, 0.25) is 0 Å². The van der Waals surface area contributed by atoms with Gasteiger partial charge in [0.1, 0.15) is 0 Å². The molecule has 1 saturated heterocycles. The van der Waals surface area contributed by atoms with Crippen LogP contribution < -0.4 is 0 Å². The molecule has 1 aliphatic rings. The summed E-state index contributed by atoms with van der Waals surface area (Å²) in [4.78, 5) is 0. The van der Waals surface area contributed by atoms with Crippen LogP contribution >= 0.6 is 0 Å². The van der Waals surface area contributed by atoms with E-state index in [2.05, 4.69) is 6.07 Å². The Morgan fingerprint density at radius 3 is 2.79 bits per heavy atom. The third-order valence-electron chi connectivity index (χ3n) is 3.52. The van der Waals surface area contributed by atoms with Gasteiger partial charge >= 0.3 is 0 Å². The van der Waals surface area contributed by atoms with Crippen molar-refractivity contribution in [2.45, 2.75) is 45.1 Å². The molecule has 3 heteroatoms. The number of ether oxygens (including phenoxy) is 1. The molecule has 1 aliphatic heterocycles. The Balaban J connectivity index is 2.85. The predicted octanol–water partition coefficient (Wildman–Crippen LogP) is 1.86. The zero-order valence-corrected chi connectivity index (χ0v) is 9.05. The summed E-state index contributed by atoms with van der Waals surface area (Å²) in [5.41, 5.74) is -1.51. The molecule has 14 heavy (non-hydrogen) atoms. The van der Waals surface area contributed by atoms with Gasteiger partial charge in [0.25, 0.3) is 0 Å². The van der Waals surface area contributed by atoms with Gasteiger partial charge in [-0.3, -0.25) is 0 Å². The minimum absolute atomic E-state index is 0.563. The molecule has 3 nitrogen and oxygen atoms in total. The minimum Gasteiger partial charge on any atom is -0.388 e. The maximum atomic E-state index is 10.5. The predicted molar refractivity (Wildman–Crippen MR) is 53.6 cm³/mol. The Kier molecular flexibility index (Phi) is 3.52. The number of aliphatic hydroxyl groups is 1. The first-order valence-corrected chi connectivity index (χ1v) is 5.29. The molecule has 0 radical (unpaired) electrons. The molecule has 0 aromatic heterocycles. The fraction of sp³-hybridized carbons (Fsp3) is 0.909. The molecule has 0 aromatic carbocycles. The van der Waals surface area contributed by atoms with Crippen LogP contribution in [0.1, 0.15) is 39.5 Å². The van der Waals surface area contributed by atoms with Gasteiger partial charge < -0.3 is 9.84 Å². The van der Waals surface area contributed by atoms with Crippen LogP contribution in [0, 0.1) is 16.7 Å². The van der Waals surface area contributed by atoms with E-state index in [-0.39, 0.29) is 0 Å². The third kappa shape index (κ3) is 1.92. The highest BCUT2D eigenvalue weighted by Crippen LogP contribution is 2.40. The molecular weight excluding hydrogens is 178 g/mol. The lowest BCUT2D eigenvalue weighted by molar-refractivity contribution is -0.0634. The number of rotatable bonds is 2. The van der Waals surface area contributed by atoms with Crippen LogP contribution in [0.2, 0.25) is 0 Å². The highest BCUT2D eigenvalue weighted by Gasteiger charge is 2.45. The van der Waals surface area contributed by atoms with Gasteiger partial charge in [-0.2, -0.15) is 5.26 Å². The van der Waals surface area contributed by atoms with Crippen molar-refractivity contribution in [2.24, 2.45) is 5.41 Å². The van der Waals surface area contributed by atoms with Crippen LogP contribution in [0.5, 0.6) is 0 Å². The van der Waals surface area contributed by atoms with E-state index in [0.717, 1.165) is 6.42 Å². The second-order valence-electron chi connectivity index (χ2n) is 4.29. The van der Waals surface area contributed by atoms with Crippen molar-refractivity contribution < 1.29 is 9.84 Å². The molecule has 1 fully saturated rings. The maximum absolute atomic E-state index is 10.5. The van der Waals surface area contributed by atoms with Crippen molar-refractivity contribution in [3.8, 4) is 6.07 Å². The smallest absolute Gasteiger partial charge is 0.0853 e. The van der Waals surface area contributed by atoms with E-state index in [9.17, 15) is 5.11 Å². The topological polar surface area (TPSA) is 53.2 Å². The zero-order chi connectivity index (χ0) is 10.7. The highest BCUT2D eigenvalue weighted by molar-refractivity contribution is 5.08. The minimum atomic E-state index is -0.868. The van der Waals surface area contributed by atoms with E-state index < -0.39 is 11.0 Å². The van der Waals surface area contributed by atoms with Crippen molar-refractivity contribution in [1.29, 1.82) is 5.26 Å². The van der Waals surface area contributed by atoms with Crippen molar-refractivity contribution in [3.05, 3.63) is 0 Å². The Morgan fingerprint density at radius 2 is 2.21 bits per heavy atom. The first-order chi connectivity index (χ1) is 6.58. The molecule has 0 aromatic rings. The molecule has 0 aliphatic carbocycles. The van der Waals surface area contributed by atoms with E-state index >= 15 is 0 Å². The Labute approximate surface area is 85.7 Å². The fourth-order valence-electron chi connectivity index (χ4n) is 2.00. The van der Waals surface area contributed by atoms with E-state index in [0.29, 0.717) is 32.5 Å². The third-order valence-corrected chi connectivity index (χ3v) is 3.52. The number of hydrogen-bond donors (Lipinski definition) is 1. The summed E-state index contributed by atoms with van der Waals surface area (Å²) in [5, 5.41) is 19.6. The zero-order valence-electron chi connectivity index (χ0n) is 9.05. The molecule has 0 saturated carbocycles. The lowest BCUT2D eigenvalue weighted by atomic mass is 9.69. The molecule has 2 unspecified atom stereocenters. The van der Waals surface area contributed by atoms with Gasteiger partial charge in [-0.1, -0.05) is 6.92 Å². The molecule has 1 rings (SSSR count). The van der Waals surface area contributed by atoms with Gasteiger partial charge in [-0.05, 0) is 26.2 Å². The van der Waals surface area contributed by atoms with Gasteiger partial charge in [0, 0.05) is 19.6 Å². The second kappa shape index (κ2) is 4.29. The largest absolute Gasteiger partial charge is 0.388 e. The van der Waals surface area contributed by atoms with Gasteiger partial charge in [-0.25, -0.2) is 0 Å². The number of nitrogens with zero attached hydrogens (tertiary/aromatic N) is 1. The Bertz CT molecular complexity index is 226. The molecule has 80 valence electrons. The summed E-state index contributed by atoms with van der Waals surface area (Å²) in [7, 11) is 0. The van der Waals surface area contributed by atoms with Gasteiger partial charge in [-0.15, -0.1) is 0 Å². The van der Waals surface area contributed by atoms with Crippen molar-refractivity contribution in [2.75, 3.05) is 13.2 Å². The van der Waals surface area contributed by atoms with Crippen LogP contribution in [-0.4, -0.2) is 23.9 Å². The normalized spacial score (nSPS) is 32.7. The molecule has 2 atom stereocenters. The van der Waals surface area contributed by atoms with Crippen LogP contribution in [0.15, 0.2) is 0 Å². The first kappa shape index (κ1) is 11.5. The van der Waals surface area contributed by atoms with Crippen LogP contribution in [-0.2, 0) is 4.74 Å². The lowest BCUT2D eigenvalue weighted by Crippen LogP contribution is -2.45. The van der Waals surface area contributed by atoms with Crippen LogP contribution in [0.4, 0.5) is 0 Å². The molecule has 0 spiro atoms. The summed E-state index contributed by atoms with van der Waals surface area (Å²) in [5.74, 6) is 0. The molecule has 1 heterocycles. The molecular formula is C11H19NO2. The average molecular weight is 197 g/mol. The summed E-state index contributed by atoms with van der Waals surface area (Å²) >= 11 is 0. The summed E-state index contributed by atoms with van der Waals surface area (Å²) < 4.78 is 5.30. The maximum Gasteiger partial charge on any atom is 0.0853 e. The average Bonchev–Trinajstić information content (AvgIpc) is 2.43. The highest BCUT2D eigenvalue weighted by atomic mass is 16.5. The lowest BCUT2D eigenvalue weighted by Gasteiger charge is -2.39. The molecule has 0 bridgehead atoms. The SMILES string of the molecule is CCC(C)(C#N)C1(O)CCCOCC1. The van der Waals surface area contributed by atoms with Crippen molar-refractivity contribution in [3.63, 3.8) is 0 Å². The molecule has 1 N–H and O–H groups in total. The van der Waals surface area contributed by atoms with E-state index in [1.165, 1.54) is 0 Å². The summed E-state index contributed by atoms with van der Waals surface area (Å²) in [6.07, 6.45) is 2.77. The quantitative estimate of drug-likeness (QED) is 0.735. The van der Waals surface area contributed by atoms with E-state index in [1.807, 2.05) is 13.8 Å². The van der Waals surface area contributed by atoms with Crippen molar-refractivity contribution in [1.82, 2.24) is 0 Å². The summed E-state index contributed by atoms with van der Waals surface area (Å²) in [6.45, 7) is 5.06. The summed E-state index contributed by atoms with van der Waals surface area (Å²) in [6, 6.07) is 2.26. The molecule has 0 amide bonds. The van der Waals surface area contributed by atoms with Crippen LogP contribution in [0.3, 0.4) is 0 Å².